The van der Waals surface area contributed by atoms with Gasteiger partial charge < -0.3 is 33.5 Å². The van der Waals surface area contributed by atoms with Gasteiger partial charge in [-0.2, -0.15) is 0 Å². The number of hydrogen-bond donors (Lipinski definition) is 1. The van der Waals surface area contributed by atoms with Crippen LogP contribution in [-0.2, 0) is 39.6 Å². The molecule has 3 unspecified atom stereocenters. The summed E-state index contributed by atoms with van der Waals surface area (Å²) in [7, 11) is 0. The number of aliphatic carboxylic acids is 1. The first kappa shape index (κ1) is 37.0. The number of carboxylic acid groups (broad SMARTS) is 1. The SMILES string of the molecule is Cc1sc(CC[C@@H](/C=C/[C@@H]2[C@@H](C/C=C\CCCC(=O)O)[C@@H](OC3CCCCO3)C[C@H]2OC2CCCCO2)OC2CCCCO2)cc1Cl. The molecular weight excluding hydrogens is 640 g/mol. The lowest BCUT2D eigenvalue weighted by Gasteiger charge is -2.30. The van der Waals surface area contributed by atoms with E-state index >= 15 is 0 Å². The van der Waals surface area contributed by atoms with Crippen LogP contribution in [0.25, 0.3) is 0 Å². The molecular formula is C37H55ClO8S. The molecule has 5 rings (SSSR count). The van der Waals surface area contributed by atoms with E-state index in [0.29, 0.717) is 6.42 Å². The Balaban J connectivity index is 1.35. The first-order valence-corrected chi connectivity index (χ1v) is 19.2. The number of rotatable bonds is 17. The van der Waals surface area contributed by atoms with Gasteiger partial charge in [0.25, 0.3) is 0 Å². The maximum atomic E-state index is 11.0. The van der Waals surface area contributed by atoms with Gasteiger partial charge in [0.05, 0.1) is 23.3 Å². The topological polar surface area (TPSA) is 92.7 Å². The van der Waals surface area contributed by atoms with Crippen molar-refractivity contribution in [2.45, 2.75) is 147 Å². The fourth-order valence-corrected chi connectivity index (χ4v) is 8.39. The molecule has 1 N–H and O–H groups in total. The highest BCUT2D eigenvalue weighted by atomic mass is 35.5. The third-order valence-electron chi connectivity index (χ3n) is 9.73. The Kier molecular flexibility index (Phi) is 15.6. The number of allylic oxidation sites excluding steroid dienone is 2. The van der Waals surface area contributed by atoms with Crippen LogP contribution in [0.2, 0.25) is 5.02 Å². The number of carbonyl (C=O) groups is 1. The number of aryl methyl sites for hydroxylation is 2. The molecule has 10 heteroatoms. The molecule has 8 atom stereocenters. The van der Waals surface area contributed by atoms with Gasteiger partial charge in [-0.15, -0.1) is 11.3 Å². The molecule has 4 aliphatic rings. The third kappa shape index (κ3) is 12.2. The zero-order valence-corrected chi connectivity index (χ0v) is 29.6. The van der Waals surface area contributed by atoms with Crippen molar-refractivity contribution in [2.24, 2.45) is 11.8 Å². The van der Waals surface area contributed by atoms with Gasteiger partial charge in [0, 0.05) is 48.3 Å². The van der Waals surface area contributed by atoms with Crippen LogP contribution < -0.4 is 0 Å². The van der Waals surface area contributed by atoms with Crippen molar-refractivity contribution in [3.63, 3.8) is 0 Å². The van der Waals surface area contributed by atoms with Gasteiger partial charge in [0.15, 0.2) is 18.9 Å². The second-order valence-corrected chi connectivity index (χ2v) is 15.2. The molecule has 0 bridgehead atoms. The van der Waals surface area contributed by atoms with Crippen LogP contribution >= 0.6 is 22.9 Å². The van der Waals surface area contributed by atoms with E-state index < -0.39 is 5.97 Å². The Morgan fingerprint density at radius 1 is 0.979 bits per heavy atom. The minimum Gasteiger partial charge on any atom is -0.481 e. The number of thiophene rings is 1. The van der Waals surface area contributed by atoms with Crippen LogP contribution in [0.15, 0.2) is 30.4 Å². The first-order chi connectivity index (χ1) is 22.9. The van der Waals surface area contributed by atoms with Crippen molar-refractivity contribution in [1.82, 2.24) is 0 Å². The lowest BCUT2D eigenvalue weighted by Crippen LogP contribution is -2.31. The zero-order valence-electron chi connectivity index (χ0n) is 28.0. The highest BCUT2D eigenvalue weighted by Crippen LogP contribution is 2.42. The van der Waals surface area contributed by atoms with Crippen molar-refractivity contribution in [1.29, 1.82) is 0 Å². The standard InChI is InChI=1S/C37H55ClO8S/c1-26-31(38)24-28(47-26)19-17-27(44-35-14-6-9-21-41-35)18-20-30-29(12-4-2-3-5-13-34(39)40)32(45-36-15-7-10-22-42-36)25-33(30)46-37-16-8-11-23-43-37/h2,4,18,20,24,27,29-30,32-33,35-37H,3,5-17,19,21-23,25H2,1H3,(H,39,40)/b4-2-,20-18+/t27-,29+,30+,32-,33+,35?,36?,37?/m0/s1. The molecule has 4 fully saturated rings. The molecule has 0 spiro atoms. The van der Waals surface area contributed by atoms with E-state index in [1.54, 1.807) is 11.3 Å². The summed E-state index contributed by atoms with van der Waals surface area (Å²) in [6.07, 6.45) is 22.3. The van der Waals surface area contributed by atoms with E-state index in [-0.39, 0.29) is 55.4 Å². The third-order valence-corrected chi connectivity index (χ3v) is 11.3. The molecule has 1 aromatic heterocycles. The van der Waals surface area contributed by atoms with Gasteiger partial charge in [-0.1, -0.05) is 35.9 Å². The summed E-state index contributed by atoms with van der Waals surface area (Å²) >= 11 is 8.15. The van der Waals surface area contributed by atoms with Gasteiger partial charge in [-0.05, 0) is 109 Å². The second kappa shape index (κ2) is 19.8. The predicted octanol–water partition coefficient (Wildman–Crippen LogP) is 8.77. The van der Waals surface area contributed by atoms with Gasteiger partial charge in [0.1, 0.15) is 0 Å². The molecule has 4 heterocycles. The molecule has 8 nitrogen and oxygen atoms in total. The van der Waals surface area contributed by atoms with Crippen LogP contribution in [0.1, 0.15) is 106 Å². The van der Waals surface area contributed by atoms with Crippen molar-refractivity contribution in [3.05, 3.63) is 45.1 Å². The molecule has 3 saturated heterocycles. The molecule has 1 aromatic rings. The van der Waals surface area contributed by atoms with E-state index in [1.165, 1.54) is 4.88 Å². The Labute approximate surface area is 290 Å². The van der Waals surface area contributed by atoms with E-state index in [4.69, 9.17) is 45.1 Å². The van der Waals surface area contributed by atoms with E-state index in [0.717, 1.165) is 120 Å². The summed E-state index contributed by atoms with van der Waals surface area (Å²) in [5, 5.41) is 9.88. The smallest absolute Gasteiger partial charge is 0.303 e. The molecule has 1 saturated carbocycles. The summed E-state index contributed by atoms with van der Waals surface area (Å²) in [5.41, 5.74) is 0. The molecule has 3 aliphatic heterocycles. The van der Waals surface area contributed by atoms with Crippen LogP contribution in [0.3, 0.4) is 0 Å². The first-order valence-electron chi connectivity index (χ1n) is 18.1. The monoisotopic (exact) mass is 694 g/mol. The Hall–Kier alpha value is -1.30. The zero-order chi connectivity index (χ0) is 32.8. The van der Waals surface area contributed by atoms with Gasteiger partial charge in [0.2, 0.25) is 0 Å². The number of ether oxygens (including phenoxy) is 6. The molecule has 264 valence electrons. The van der Waals surface area contributed by atoms with Crippen LogP contribution in [-0.4, -0.2) is 68.1 Å². The van der Waals surface area contributed by atoms with E-state index in [9.17, 15) is 4.79 Å². The van der Waals surface area contributed by atoms with E-state index in [1.807, 2.05) is 0 Å². The van der Waals surface area contributed by atoms with Crippen molar-refractivity contribution >= 4 is 28.9 Å². The van der Waals surface area contributed by atoms with Crippen LogP contribution in [0, 0.1) is 18.8 Å². The largest absolute Gasteiger partial charge is 0.481 e. The van der Waals surface area contributed by atoms with Crippen LogP contribution in [0.4, 0.5) is 0 Å². The Morgan fingerprint density at radius 3 is 2.23 bits per heavy atom. The van der Waals surface area contributed by atoms with Crippen LogP contribution in [0.5, 0.6) is 0 Å². The maximum Gasteiger partial charge on any atom is 0.303 e. The quantitative estimate of drug-likeness (QED) is 0.128. The van der Waals surface area contributed by atoms with Crippen molar-refractivity contribution in [3.8, 4) is 0 Å². The Bertz CT molecular complexity index is 1100. The molecule has 0 radical (unpaired) electrons. The normalized spacial score (nSPS) is 31.1. The van der Waals surface area contributed by atoms with Gasteiger partial charge >= 0.3 is 5.97 Å². The van der Waals surface area contributed by atoms with E-state index in [2.05, 4.69) is 37.3 Å². The fourth-order valence-electron chi connectivity index (χ4n) is 7.13. The second-order valence-electron chi connectivity index (χ2n) is 13.4. The number of carboxylic acids is 1. The Morgan fingerprint density at radius 2 is 1.64 bits per heavy atom. The minimum atomic E-state index is -0.752. The highest BCUT2D eigenvalue weighted by Gasteiger charge is 2.45. The summed E-state index contributed by atoms with van der Waals surface area (Å²) in [6, 6.07) is 2.08. The summed E-state index contributed by atoms with van der Waals surface area (Å²) in [4.78, 5) is 13.4. The molecule has 0 aromatic carbocycles. The minimum absolute atomic E-state index is 0.0257. The number of unbranched alkanes of at least 4 members (excludes halogenated alkanes) is 1. The molecule has 1 aliphatic carbocycles. The lowest BCUT2D eigenvalue weighted by atomic mass is 9.89. The number of halogens is 1. The highest BCUT2D eigenvalue weighted by molar-refractivity contribution is 7.12. The van der Waals surface area contributed by atoms with Crippen molar-refractivity contribution in [2.75, 3.05) is 19.8 Å². The number of hydrogen-bond acceptors (Lipinski definition) is 8. The fraction of sp³-hybridized carbons (Fsp3) is 0.757. The average molecular weight is 695 g/mol. The predicted molar refractivity (Wildman–Crippen MR) is 184 cm³/mol. The lowest BCUT2D eigenvalue weighted by molar-refractivity contribution is -0.203. The maximum absolute atomic E-state index is 11.0. The van der Waals surface area contributed by atoms with Gasteiger partial charge in [-0.25, -0.2) is 0 Å². The molecule has 47 heavy (non-hydrogen) atoms. The van der Waals surface area contributed by atoms with Gasteiger partial charge in [-0.3, -0.25) is 4.79 Å². The molecule has 0 amide bonds. The summed E-state index contributed by atoms with van der Waals surface area (Å²) < 4.78 is 38.2. The summed E-state index contributed by atoms with van der Waals surface area (Å²) in [6.45, 7) is 4.28. The van der Waals surface area contributed by atoms with Crippen molar-refractivity contribution < 1.29 is 38.3 Å². The average Bonchev–Trinajstić information content (AvgIpc) is 3.57. The summed E-state index contributed by atoms with van der Waals surface area (Å²) in [5.74, 6) is -0.487.